The number of nitrogens with two attached hydrogens (primary N) is 1. The predicted molar refractivity (Wildman–Crippen MR) is 109 cm³/mol. The van der Waals surface area contributed by atoms with Gasteiger partial charge in [0.25, 0.3) is 0 Å². The fraction of sp³-hybridized carbons (Fsp3) is 0.571. The second-order valence-electron chi connectivity index (χ2n) is 8.36. The Labute approximate surface area is 176 Å². The summed E-state index contributed by atoms with van der Waals surface area (Å²) in [6.07, 6.45) is -0.831. The number of carbonyl (C=O) groups excluding carboxylic acids is 3. The molecule has 0 aliphatic carbocycles. The number of hydrogen-bond acceptors (Lipinski definition) is 7. The maximum atomic E-state index is 12.7. The highest BCUT2D eigenvalue weighted by Gasteiger charge is 2.37. The van der Waals surface area contributed by atoms with Crippen LogP contribution >= 0.6 is 0 Å². The Morgan fingerprint density at radius 1 is 1.17 bits per heavy atom. The van der Waals surface area contributed by atoms with Crippen LogP contribution in [-0.2, 0) is 19.1 Å². The number of ether oxygens (including phenoxy) is 2. The third kappa shape index (κ3) is 6.17. The van der Waals surface area contributed by atoms with Crippen LogP contribution in [0.15, 0.2) is 30.3 Å². The Bertz CT molecular complexity index is 760. The number of amides is 2. The van der Waals surface area contributed by atoms with Gasteiger partial charge in [0.15, 0.2) is 0 Å². The number of methoxy groups -OCH3 is 1. The van der Waals surface area contributed by atoms with Crippen molar-refractivity contribution in [2.45, 2.75) is 51.0 Å². The summed E-state index contributed by atoms with van der Waals surface area (Å²) in [7, 11) is 1.11. The molecule has 2 rings (SSSR count). The first kappa shape index (κ1) is 23.6. The van der Waals surface area contributed by atoms with E-state index >= 15 is 0 Å². The van der Waals surface area contributed by atoms with Crippen LogP contribution in [0.3, 0.4) is 0 Å². The van der Waals surface area contributed by atoms with Crippen molar-refractivity contribution in [1.29, 1.82) is 0 Å². The van der Waals surface area contributed by atoms with Gasteiger partial charge in [0.2, 0.25) is 11.6 Å². The van der Waals surface area contributed by atoms with Gasteiger partial charge in [0.05, 0.1) is 13.2 Å². The van der Waals surface area contributed by atoms with Crippen LogP contribution < -0.4 is 5.73 Å². The molecule has 2 unspecified atom stereocenters. The van der Waals surface area contributed by atoms with Crippen molar-refractivity contribution in [2.75, 3.05) is 26.7 Å². The molecule has 0 aromatic heterocycles. The lowest BCUT2D eigenvalue weighted by atomic mass is 10.0. The van der Waals surface area contributed by atoms with Gasteiger partial charge in [-0.05, 0) is 26.3 Å². The lowest BCUT2D eigenvalue weighted by Gasteiger charge is -2.42. The number of nitrogens with zero attached hydrogens (tertiary/aromatic N) is 2. The maximum Gasteiger partial charge on any atom is 0.410 e. The molecule has 1 aromatic rings. The fourth-order valence-corrected chi connectivity index (χ4v) is 3.24. The molecule has 1 aliphatic rings. The van der Waals surface area contributed by atoms with Crippen molar-refractivity contribution in [2.24, 2.45) is 5.73 Å². The van der Waals surface area contributed by atoms with E-state index in [-0.39, 0.29) is 31.3 Å². The molecule has 3 N–H and O–H groups in total. The van der Waals surface area contributed by atoms with E-state index < -0.39 is 23.4 Å². The summed E-state index contributed by atoms with van der Waals surface area (Å²) in [5.74, 6) is -1.26. The van der Waals surface area contributed by atoms with Crippen LogP contribution in [0.25, 0.3) is 0 Å². The van der Waals surface area contributed by atoms with E-state index in [4.69, 9.17) is 10.5 Å². The Kier molecular flexibility index (Phi) is 7.44. The summed E-state index contributed by atoms with van der Waals surface area (Å²) in [4.78, 5) is 40.2. The first-order valence-electron chi connectivity index (χ1n) is 9.86. The highest BCUT2D eigenvalue weighted by molar-refractivity contribution is 5.81. The molecule has 166 valence electrons. The lowest BCUT2D eigenvalue weighted by molar-refractivity contribution is -0.163. The van der Waals surface area contributed by atoms with Gasteiger partial charge in [-0.15, -0.1) is 0 Å². The fourth-order valence-electron chi connectivity index (χ4n) is 3.24. The molecule has 0 bridgehead atoms. The number of piperazine rings is 1. The molecule has 0 saturated carbocycles. The lowest BCUT2D eigenvalue weighted by Crippen LogP contribution is -2.54. The molecule has 1 saturated heterocycles. The second-order valence-corrected chi connectivity index (χ2v) is 8.36. The van der Waals surface area contributed by atoms with Crippen LogP contribution in [0, 0.1) is 0 Å². The zero-order valence-corrected chi connectivity index (χ0v) is 18.0. The van der Waals surface area contributed by atoms with Crippen LogP contribution in [0.1, 0.15) is 45.2 Å². The molecule has 30 heavy (non-hydrogen) atoms. The molecule has 1 aliphatic heterocycles. The normalized spacial score (nSPS) is 19.1. The van der Waals surface area contributed by atoms with Gasteiger partial charge in [-0.1, -0.05) is 30.3 Å². The predicted octanol–water partition coefficient (Wildman–Crippen LogP) is 1.41. The van der Waals surface area contributed by atoms with Crippen LogP contribution in [-0.4, -0.2) is 70.9 Å². The van der Waals surface area contributed by atoms with Gasteiger partial charge >= 0.3 is 12.1 Å². The van der Waals surface area contributed by atoms with Crippen molar-refractivity contribution in [3.05, 3.63) is 35.9 Å². The molecule has 0 radical (unpaired) electrons. The number of carbonyl (C=O) groups is 3. The summed E-state index contributed by atoms with van der Waals surface area (Å²) < 4.78 is 9.99. The van der Waals surface area contributed by atoms with E-state index in [2.05, 4.69) is 4.74 Å². The largest absolute Gasteiger partial charge is 0.466 e. The quantitative estimate of drug-likeness (QED) is 0.544. The molecule has 1 heterocycles. The number of esters is 1. The summed E-state index contributed by atoms with van der Waals surface area (Å²) in [6.45, 7) is 6.28. The van der Waals surface area contributed by atoms with E-state index in [1.54, 1.807) is 30.6 Å². The minimum absolute atomic E-state index is 0.129. The molecule has 0 spiro atoms. The van der Waals surface area contributed by atoms with Crippen molar-refractivity contribution in [1.82, 2.24) is 9.80 Å². The highest BCUT2D eigenvalue weighted by Crippen LogP contribution is 2.28. The average Bonchev–Trinajstić information content (AvgIpc) is 2.70. The van der Waals surface area contributed by atoms with Crippen molar-refractivity contribution >= 4 is 18.0 Å². The summed E-state index contributed by atoms with van der Waals surface area (Å²) >= 11 is 0. The molecule has 9 heteroatoms. The molecular formula is C21H31N3O6. The molecular weight excluding hydrogens is 390 g/mol. The summed E-state index contributed by atoms with van der Waals surface area (Å²) in [5, 5.41) is 9.95. The van der Waals surface area contributed by atoms with Crippen molar-refractivity contribution in [3.8, 4) is 0 Å². The first-order valence-corrected chi connectivity index (χ1v) is 9.86. The van der Waals surface area contributed by atoms with Gasteiger partial charge in [0, 0.05) is 32.5 Å². The van der Waals surface area contributed by atoms with E-state index in [1.165, 1.54) is 0 Å². The van der Waals surface area contributed by atoms with E-state index in [0.717, 1.165) is 12.7 Å². The molecule has 2 amide bonds. The number of benzene rings is 1. The highest BCUT2D eigenvalue weighted by atomic mass is 16.6. The maximum absolute atomic E-state index is 12.7. The third-order valence-corrected chi connectivity index (χ3v) is 4.80. The summed E-state index contributed by atoms with van der Waals surface area (Å²) in [6, 6.07) is 9.03. The third-order valence-electron chi connectivity index (χ3n) is 4.80. The van der Waals surface area contributed by atoms with E-state index in [9.17, 15) is 19.5 Å². The van der Waals surface area contributed by atoms with E-state index in [0.29, 0.717) is 13.1 Å². The first-order chi connectivity index (χ1) is 13.9. The second kappa shape index (κ2) is 9.44. The number of aliphatic hydroxyl groups is 1. The smallest absolute Gasteiger partial charge is 0.410 e. The summed E-state index contributed by atoms with van der Waals surface area (Å²) in [5.41, 5.74) is 3.55. The standard InChI is InChI=1S/C21H31N3O6/c1-20(2,3)30-19(27)24-13-12-23(14-16(24)15-8-6-5-7-9-15)17(25)10-11-21(22,28)18(26)29-4/h5-9,16,28H,10-14,22H2,1-4H3. The molecule has 9 nitrogen and oxygen atoms in total. The van der Waals surface area contributed by atoms with Gasteiger partial charge in [-0.25, -0.2) is 9.59 Å². The molecule has 2 atom stereocenters. The SMILES string of the molecule is COC(=O)C(N)(O)CCC(=O)N1CCN(C(=O)OC(C)(C)C)C(c2ccccc2)C1. The Balaban J connectivity index is 2.13. The average molecular weight is 421 g/mol. The van der Waals surface area contributed by atoms with E-state index in [1.807, 2.05) is 30.3 Å². The van der Waals surface area contributed by atoms with Crippen LogP contribution in [0.5, 0.6) is 0 Å². The Morgan fingerprint density at radius 2 is 1.80 bits per heavy atom. The Morgan fingerprint density at radius 3 is 2.37 bits per heavy atom. The number of rotatable bonds is 5. The van der Waals surface area contributed by atoms with Gasteiger partial charge in [-0.3, -0.25) is 15.4 Å². The van der Waals surface area contributed by atoms with Crippen molar-refractivity contribution in [3.63, 3.8) is 0 Å². The minimum atomic E-state index is -2.22. The van der Waals surface area contributed by atoms with Gasteiger partial charge in [0.1, 0.15) is 5.60 Å². The van der Waals surface area contributed by atoms with Gasteiger partial charge in [-0.2, -0.15) is 0 Å². The monoisotopic (exact) mass is 421 g/mol. The minimum Gasteiger partial charge on any atom is -0.466 e. The van der Waals surface area contributed by atoms with Crippen LogP contribution in [0.2, 0.25) is 0 Å². The number of hydrogen-bond donors (Lipinski definition) is 2. The van der Waals surface area contributed by atoms with Crippen molar-refractivity contribution < 1.29 is 29.0 Å². The van der Waals surface area contributed by atoms with Crippen LogP contribution in [0.4, 0.5) is 4.79 Å². The molecule has 1 aromatic carbocycles. The molecule has 1 fully saturated rings. The zero-order chi connectivity index (χ0) is 22.5. The zero-order valence-electron chi connectivity index (χ0n) is 18.0. The Hall–Kier alpha value is -2.65. The van der Waals surface area contributed by atoms with Gasteiger partial charge < -0.3 is 19.5 Å². The topological polar surface area (TPSA) is 122 Å².